The fourth-order valence-electron chi connectivity index (χ4n) is 2.32. The highest BCUT2D eigenvalue weighted by atomic mass is 35.5. The first-order valence-corrected chi connectivity index (χ1v) is 7.90. The summed E-state index contributed by atoms with van der Waals surface area (Å²) in [5.41, 5.74) is 2.12. The Labute approximate surface area is 143 Å². The number of nitrogens with zero attached hydrogens (tertiary/aromatic N) is 1. The molecule has 0 fully saturated rings. The van der Waals surface area contributed by atoms with E-state index < -0.39 is 0 Å². The van der Waals surface area contributed by atoms with E-state index in [0.717, 1.165) is 29.2 Å². The molecule has 0 N–H and O–H groups in total. The summed E-state index contributed by atoms with van der Waals surface area (Å²) in [5, 5.41) is 0.725. The lowest BCUT2D eigenvalue weighted by Crippen LogP contribution is -2.28. The number of hydrogen-bond acceptors (Lipinski definition) is 1. The summed E-state index contributed by atoms with van der Waals surface area (Å²) in [6, 6.07) is 17.8. The quantitative estimate of drug-likeness (QED) is 0.528. The summed E-state index contributed by atoms with van der Waals surface area (Å²) < 4.78 is 0. The van der Waals surface area contributed by atoms with Gasteiger partial charge in [0.15, 0.2) is 0 Å². The Bertz CT molecular complexity index is 682. The molecule has 0 amide bonds. The number of hydrogen-bond donors (Lipinski definition) is 0. The van der Waals surface area contributed by atoms with Gasteiger partial charge in [-0.15, -0.1) is 13.2 Å². The Morgan fingerprint density at radius 2 is 1.57 bits per heavy atom. The third-order valence-corrected chi connectivity index (χ3v) is 3.66. The molecule has 0 saturated heterocycles. The van der Waals surface area contributed by atoms with Crippen molar-refractivity contribution in [1.29, 1.82) is 0 Å². The minimum atomic E-state index is -0.0385. The molecule has 2 aromatic rings. The maximum absolute atomic E-state index is 6.01. The van der Waals surface area contributed by atoms with Crippen LogP contribution in [-0.4, -0.2) is 18.0 Å². The van der Waals surface area contributed by atoms with Gasteiger partial charge in [0, 0.05) is 23.7 Å². The molecule has 0 bridgehead atoms. The summed E-state index contributed by atoms with van der Waals surface area (Å²) in [6.45, 7) is 9.17. The Morgan fingerprint density at radius 1 is 0.957 bits per heavy atom. The van der Waals surface area contributed by atoms with E-state index in [1.165, 1.54) is 0 Å². The number of benzene rings is 2. The summed E-state index contributed by atoms with van der Waals surface area (Å²) in [4.78, 5) is 2.22. The van der Waals surface area contributed by atoms with Crippen molar-refractivity contribution in [2.24, 2.45) is 0 Å². The van der Waals surface area contributed by atoms with Gasteiger partial charge in [0.1, 0.15) is 0 Å². The summed E-state index contributed by atoms with van der Waals surface area (Å²) in [6.07, 6.45) is 3.77. The Morgan fingerprint density at radius 3 is 2.13 bits per heavy atom. The third-order valence-electron chi connectivity index (χ3n) is 3.41. The van der Waals surface area contributed by atoms with Crippen molar-refractivity contribution in [3.05, 3.63) is 96.1 Å². The average Bonchev–Trinajstić information content (AvgIpc) is 2.58. The average molecular weight is 322 g/mol. The van der Waals surface area contributed by atoms with Crippen LogP contribution >= 0.6 is 11.6 Å². The van der Waals surface area contributed by atoms with Gasteiger partial charge >= 0.3 is 0 Å². The van der Waals surface area contributed by atoms with Crippen LogP contribution in [0.2, 0.25) is 5.02 Å². The lowest BCUT2D eigenvalue weighted by Gasteiger charge is -2.26. The second-order valence-corrected chi connectivity index (χ2v) is 5.56. The smallest absolute Gasteiger partial charge is 0.0979 e. The van der Waals surface area contributed by atoms with E-state index in [-0.39, 0.29) is 6.04 Å². The van der Waals surface area contributed by atoms with E-state index in [2.05, 4.69) is 29.9 Å². The molecule has 0 heterocycles. The van der Waals surface area contributed by atoms with Gasteiger partial charge in [-0.2, -0.15) is 0 Å². The van der Waals surface area contributed by atoms with E-state index in [0.29, 0.717) is 0 Å². The normalized spacial score (nSPS) is 11.4. The molecule has 0 aliphatic heterocycles. The van der Waals surface area contributed by atoms with E-state index in [9.17, 15) is 0 Å². The van der Waals surface area contributed by atoms with Gasteiger partial charge < -0.3 is 0 Å². The molecule has 2 heteroatoms. The lowest BCUT2D eigenvalue weighted by molar-refractivity contribution is 0.293. The second-order valence-electron chi connectivity index (χ2n) is 5.12. The Balaban J connectivity index is 2.37. The van der Waals surface area contributed by atoms with Gasteiger partial charge in [0.2, 0.25) is 0 Å². The monoisotopic (exact) mass is 321 g/mol. The summed E-state index contributed by atoms with van der Waals surface area (Å²) in [5.74, 6) is 6.64. The zero-order valence-electron chi connectivity index (χ0n) is 13.1. The SMILES string of the molecule is C=CCN(CC=C)C(C#Cc1ccccc1)c1ccc(Cl)cc1. The van der Waals surface area contributed by atoms with Gasteiger partial charge in [-0.25, -0.2) is 0 Å². The fraction of sp³-hybridized carbons (Fsp3) is 0.143. The summed E-state index contributed by atoms with van der Waals surface area (Å²) >= 11 is 6.01. The van der Waals surface area contributed by atoms with Gasteiger partial charge in [-0.1, -0.05) is 65.9 Å². The van der Waals surface area contributed by atoms with E-state index in [1.807, 2.05) is 66.7 Å². The Kier molecular flexibility index (Phi) is 6.69. The van der Waals surface area contributed by atoms with Crippen LogP contribution in [-0.2, 0) is 0 Å². The Hall–Kier alpha value is -2.27. The molecule has 1 unspecified atom stereocenters. The minimum absolute atomic E-state index is 0.0385. The number of halogens is 1. The van der Waals surface area contributed by atoms with Crippen molar-refractivity contribution in [3.63, 3.8) is 0 Å². The van der Waals surface area contributed by atoms with Crippen LogP contribution in [0.1, 0.15) is 17.2 Å². The fourth-order valence-corrected chi connectivity index (χ4v) is 2.45. The highest BCUT2D eigenvalue weighted by Crippen LogP contribution is 2.22. The van der Waals surface area contributed by atoms with Crippen molar-refractivity contribution < 1.29 is 0 Å². The zero-order valence-corrected chi connectivity index (χ0v) is 13.8. The van der Waals surface area contributed by atoms with Crippen LogP contribution in [0.3, 0.4) is 0 Å². The van der Waals surface area contributed by atoms with Crippen LogP contribution in [0.4, 0.5) is 0 Å². The molecule has 2 aromatic carbocycles. The minimum Gasteiger partial charge on any atom is -0.279 e. The highest BCUT2D eigenvalue weighted by molar-refractivity contribution is 6.30. The van der Waals surface area contributed by atoms with E-state index >= 15 is 0 Å². The predicted molar refractivity (Wildman–Crippen MR) is 99.5 cm³/mol. The van der Waals surface area contributed by atoms with Crippen LogP contribution in [0, 0.1) is 11.8 Å². The molecule has 0 aliphatic rings. The van der Waals surface area contributed by atoms with Crippen LogP contribution in [0.15, 0.2) is 79.9 Å². The van der Waals surface area contributed by atoms with Crippen molar-refractivity contribution in [3.8, 4) is 11.8 Å². The van der Waals surface area contributed by atoms with Crippen LogP contribution in [0.25, 0.3) is 0 Å². The van der Waals surface area contributed by atoms with Crippen molar-refractivity contribution in [2.45, 2.75) is 6.04 Å². The lowest BCUT2D eigenvalue weighted by atomic mass is 10.0. The van der Waals surface area contributed by atoms with Crippen molar-refractivity contribution >= 4 is 11.6 Å². The van der Waals surface area contributed by atoms with Gasteiger partial charge in [0.25, 0.3) is 0 Å². The molecule has 1 nitrogen and oxygen atoms in total. The molecular weight excluding hydrogens is 302 g/mol. The van der Waals surface area contributed by atoms with Gasteiger partial charge in [-0.3, -0.25) is 4.90 Å². The summed E-state index contributed by atoms with van der Waals surface area (Å²) in [7, 11) is 0. The second kappa shape index (κ2) is 9.00. The highest BCUT2D eigenvalue weighted by Gasteiger charge is 2.16. The maximum atomic E-state index is 6.01. The van der Waals surface area contributed by atoms with E-state index in [1.54, 1.807) is 0 Å². The van der Waals surface area contributed by atoms with E-state index in [4.69, 9.17) is 11.6 Å². The largest absolute Gasteiger partial charge is 0.279 e. The molecular formula is C21H20ClN. The zero-order chi connectivity index (χ0) is 16.5. The first kappa shape index (κ1) is 17.1. The molecule has 116 valence electrons. The van der Waals surface area contributed by atoms with Gasteiger partial charge in [-0.05, 0) is 29.8 Å². The molecule has 0 spiro atoms. The standard InChI is InChI=1S/C21H20ClN/c1-3-16-23(17-4-2)21(19-11-13-20(22)14-12-19)15-10-18-8-6-5-7-9-18/h3-9,11-14,21H,1-2,16-17H2. The topological polar surface area (TPSA) is 3.24 Å². The number of rotatable bonds is 6. The third kappa shape index (κ3) is 5.14. The first-order valence-electron chi connectivity index (χ1n) is 7.52. The van der Waals surface area contributed by atoms with Gasteiger partial charge in [0.05, 0.1) is 6.04 Å². The molecule has 2 rings (SSSR count). The van der Waals surface area contributed by atoms with Crippen LogP contribution in [0.5, 0.6) is 0 Å². The molecule has 1 atom stereocenters. The predicted octanol–water partition coefficient (Wildman–Crippen LogP) is 5.11. The molecule has 23 heavy (non-hydrogen) atoms. The molecule has 0 aliphatic carbocycles. The van der Waals surface area contributed by atoms with Crippen LogP contribution < -0.4 is 0 Å². The first-order chi connectivity index (χ1) is 11.2. The van der Waals surface area contributed by atoms with Crippen molar-refractivity contribution in [2.75, 3.05) is 13.1 Å². The molecule has 0 aromatic heterocycles. The molecule has 0 saturated carbocycles. The van der Waals surface area contributed by atoms with Crippen molar-refractivity contribution in [1.82, 2.24) is 4.90 Å². The molecule has 0 radical (unpaired) electrons. The maximum Gasteiger partial charge on any atom is 0.0979 e.